The molecule has 0 radical (unpaired) electrons. The number of pyridine rings is 1. The molecule has 0 aromatic carbocycles. The number of nitrogens with zero attached hydrogens (tertiary/aromatic N) is 2. The second-order valence-electron chi connectivity index (χ2n) is 7.26. The fourth-order valence-electron chi connectivity index (χ4n) is 4.16. The van der Waals surface area contributed by atoms with Crippen LogP contribution in [0.1, 0.15) is 55.6 Å². The summed E-state index contributed by atoms with van der Waals surface area (Å²) >= 11 is 0. The molecule has 1 atom stereocenters. The summed E-state index contributed by atoms with van der Waals surface area (Å²) < 4.78 is 0. The second kappa shape index (κ2) is 7.02. The number of aryl methyl sites for hydroxylation is 1. The fraction of sp³-hybridized carbons (Fsp3) is 0.632. The zero-order chi connectivity index (χ0) is 18.0. The van der Waals surface area contributed by atoms with Crippen molar-refractivity contribution in [3.8, 4) is 0 Å². The molecule has 3 rings (SSSR count). The van der Waals surface area contributed by atoms with Crippen LogP contribution in [0.4, 0.5) is 0 Å². The molecule has 25 heavy (non-hydrogen) atoms. The van der Waals surface area contributed by atoms with Crippen LogP contribution >= 0.6 is 0 Å². The number of piperidine rings is 1. The lowest BCUT2D eigenvalue weighted by Gasteiger charge is -2.39. The van der Waals surface area contributed by atoms with Crippen molar-refractivity contribution >= 4 is 11.8 Å². The number of aromatic nitrogens is 1. The van der Waals surface area contributed by atoms with Gasteiger partial charge in [0.15, 0.2) is 0 Å². The van der Waals surface area contributed by atoms with Crippen LogP contribution in [0.3, 0.4) is 0 Å². The maximum atomic E-state index is 12.9. The molecule has 3 heterocycles. The van der Waals surface area contributed by atoms with Gasteiger partial charge in [-0.3, -0.25) is 14.4 Å². The smallest absolute Gasteiger partial charge is 0.254 e. The highest BCUT2D eigenvalue weighted by molar-refractivity contribution is 5.95. The van der Waals surface area contributed by atoms with Gasteiger partial charge in [-0.05, 0) is 38.2 Å². The molecule has 2 amide bonds. The first-order chi connectivity index (χ1) is 12.0. The second-order valence-corrected chi connectivity index (χ2v) is 7.26. The fourth-order valence-corrected chi connectivity index (χ4v) is 4.16. The van der Waals surface area contributed by atoms with Crippen LogP contribution < -0.4 is 5.56 Å². The lowest BCUT2D eigenvalue weighted by atomic mass is 9.78. The summed E-state index contributed by atoms with van der Waals surface area (Å²) in [5.41, 5.74) is 0.510. The maximum absolute atomic E-state index is 12.9. The van der Waals surface area contributed by atoms with Gasteiger partial charge in [0.1, 0.15) is 0 Å². The number of aromatic amines is 1. The first-order valence-corrected chi connectivity index (χ1v) is 9.31. The van der Waals surface area contributed by atoms with Crippen LogP contribution in [0.2, 0.25) is 0 Å². The van der Waals surface area contributed by atoms with Crippen molar-refractivity contribution in [2.24, 2.45) is 5.41 Å². The highest BCUT2D eigenvalue weighted by Crippen LogP contribution is 2.40. The van der Waals surface area contributed by atoms with E-state index in [1.165, 1.54) is 6.07 Å². The average molecular weight is 345 g/mol. The molecule has 1 aromatic rings. The molecule has 0 aliphatic carbocycles. The van der Waals surface area contributed by atoms with Gasteiger partial charge in [0, 0.05) is 43.5 Å². The number of hydrogen-bond donors (Lipinski definition) is 1. The first-order valence-electron chi connectivity index (χ1n) is 9.31. The van der Waals surface area contributed by atoms with Gasteiger partial charge >= 0.3 is 0 Å². The number of nitrogens with one attached hydrogen (secondary N) is 1. The Kier molecular flexibility index (Phi) is 4.97. The number of hydrogen-bond acceptors (Lipinski definition) is 3. The molecule has 136 valence electrons. The zero-order valence-corrected chi connectivity index (χ0v) is 15.1. The number of rotatable bonds is 4. The average Bonchev–Trinajstić information content (AvgIpc) is 3.03. The van der Waals surface area contributed by atoms with E-state index in [0.29, 0.717) is 25.1 Å². The largest absolute Gasteiger partial charge is 0.342 e. The summed E-state index contributed by atoms with van der Waals surface area (Å²) in [7, 11) is 0. The van der Waals surface area contributed by atoms with Crippen molar-refractivity contribution in [2.45, 2.75) is 46.0 Å². The maximum Gasteiger partial charge on any atom is 0.254 e. The van der Waals surface area contributed by atoms with Crippen LogP contribution in [-0.2, 0) is 11.2 Å². The molecular weight excluding hydrogens is 318 g/mol. The molecule has 0 bridgehead atoms. The number of carbonyl (C=O) groups is 2. The van der Waals surface area contributed by atoms with Gasteiger partial charge in [0.05, 0.1) is 5.41 Å². The van der Waals surface area contributed by atoms with Gasteiger partial charge in [-0.25, -0.2) is 0 Å². The van der Waals surface area contributed by atoms with Crippen molar-refractivity contribution in [3.63, 3.8) is 0 Å². The minimum Gasteiger partial charge on any atom is -0.342 e. The first kappa shape index (κ1) is 17.7. The SMILES string of the molecule is CCCN1CCC[C@@]2(CCN(C(=O)c3cc(CC)[nH]c(=O)c3)C2)C1=O. The quantitative estimate of drug-likeness (QED) is 0.904. The summed E-state index contributed by atoms with van der Waals surface area (Å²) in [6.07, 6.45) is 4.20. The van der Waals surface area contributed by atoms with E-state index >= 15 is 0 Å². The van der Waals surface area contributed by atoms with Crippen molar-refractivity contribution < 1.29 is 9.59 Å². The Labute approximate surface area is 148 Å². The van der Waals surface area contributed by atoms with Gasteiger partial charge in [-0.15, -0.1) is 0 Å². The van der Waals surface area contributed by atoms with Gasteiger partial charge in [-0.2, -0.15) is 0 Å². The number of carbonyl (C=O) groups excluding carboxylic acids is 2. The van der Waals surface area contributed by atoms with E-state index in [1.54, 1.807) is 11.0 Å². The van der Waals surface area contributed by atoms with E-state index in [4.69, 9.17) is 0 Å². The summed E-state index contributed by atoms with van der Waals surface area (Å²) in [4.78, 5) is 44.0. The lowest BCUT2D eigenvalue weighted by Crippen LogP contribution is -2.50. The summed E-state index contributed by atoms with van der Waals surface area (Å²) in [6, 6.07) is 3.11. The monoisotopic (exact) mass is 345 g/mol. The lowest BCUT2D eigenvalue weighted by molar-refractivity contribution is -0.145. The Balaban J connectivity index is 1.78. The predicted octanol–water partition coefficient (Wildman–Crippen LogP) is 1.80. The minimum atomic E-state index is -0.419. The van der Waals surface area contributed by atoms with Crippen molar-refractivity contribution in [1.29, 1.82) is 0 Å². The molecule has 2 fully saturated rings. The molecular formula is C19H27N3O3. The molecule has 2 aliphatic heterocycles. The molecule has 6 heteroatoms. The zero-order valence-electron chi connectivity index (χ0n) is 15.1. The Bertz CT molecular complexity index is 725. The summed E-state index contributed by atoms with van der Waals surface area (Å²) in [5.74, 6) is 0.0640. The third-order valence-electron chi connectivity index (χ3n) is 5.49. The van der Waals surface area contributed by atoms with E-state index < -0.39 is 5.41 Å². The van der Waals surface area contributed by atoms with Crippen LogP contribution in [-0.4, -0.2) is 52.8 Å². The van der Waals surface area contributed by atoms with E-state index in [0.717, 1.165) is 44.5 Å². The third-order valence-corrected chi connectivity index (χ3v) is 5.49. The molecule has 6 nitrogen and oxygen atoms in total. The van der Waals surface area contributed by atoms with Crippen molar-refractivity contribution in [1.82, 2.24) is 14.8 Å². The summed E-state index contributed by atoms with van der Waals surface area (Å²) in [6.45, 7) is 6.70. The highest BCUT2D eigenvalue weighted by atomic mass is 16.2. The number of amides is 2. The van der Waals surface area contributed by atoms with Gasteiger partial charge in [-0.1, -0.05) is 13.8 Å². The van der Waals surface area contributed by atoms with E-state index in [-0.39, 0.29) is 17.4 Å². The van der Waals surface area contributed by atoms with Crippen LogP contribution in [0.15, 0.2) is 16.9 Å². The Hall–Kier alpha value is -2.11. The molecule has 0 unspecified atom stereocenters. The molecule has 1 aromatic heterocycles. The standard InChI is InChI=1S/C19H27N3O3/c1-3-8-21-9-5-6-19(18(21)25)7-10-22(13-19)17(24)14-11-15(4-2)20-16(23)12-14/h11-12H,3-10,13H2,1-2H3,(H,20,23)/t19-/m0/s1. The van der Waals surface area contributed by atoms with E-state index in [2.05, 4.69) is 11.9 Å². The predicted molar refractivity (Wildman–Crippen MR) is 95.5 cm³/mol. The normalized spacial score (nSPS) is 23.5. The van der Waals surface area contributed by atoms with Gasteiger partial charge in [0.2, 0.25) is 11.5 Å². The minimum absolute atomic E-state index is 0.141. The molecule has 1 spiro atoms. The highest BCUT2D eigenvalue weighted by Gasteiger charge is 2.49. The van der Waals surface area contributed by atoms with Gasteiger partial charge < -0.3 is 14.8 Å². The van der Waals surface area contributed by atoms with E-state index in [9.17, 15) is 14.4 Å². The van der Waals surface area contributed by atoms with Crippen molar-refractivity contribution in [2.75, 3.05) is 26.2 Å². The summed E-state index contributed by atoms with van der Waals surface area (Å²) in [5, 5.41) is 0. The molecule has 1 N–H and O–H groups in total. The van der Waals surface area contributed by atoms with Crippen LogP contribution in [0, 0.1) is 5.41 Å². The Morgan fingerprint density at radius 1 is 1.20 bits per heavy atom. The Morgan fingerprint density at radius 2 is 2.00 bits per heavy atom. The van der Waals surface area contributed by atoms with Gasteiger partial charge in [0.25, 0.3) is 5.91 Å². The number of likely N-dealkylation sites (tertiary alicyclic amines) is 2. The molecule has 2 aliphatic rings. The Morgan fingerprint density at radius 3 is 2.72 bits per heavy atom. The van der Waals surface area contributed by atoms with Crippen molar-refractivity contribution in [3.05, 3.63) is 33.7 Å². The number of H-pyrrole nitrogens is 1. The third kappa shape index (κ3) is 3.34. The van der Waals surface area contributed by atoms with Crippen LogP contribution in [0.5, 0.6) is 0 Å². The molecule has 2 saturated heterocycles. The molecule has 0 saturated carbocycles. The van der Waals surface area contributed by atoms with Crippen LogP contribution in [0.25, 0.3) is 0 Å². The van der Waals surface area contributed by atoms with E-state index in [1.807, 2.05) is 11.8 Å². The topological polar surface area (TPSA) is 73.5 Å².